The molecule has 0 radical (unpaired) electrons. The molecule has 1 aromatic heterocycles. The topological polar surface area (TPSA) is 38.3 Å². The van der Waals surface area contributed by atoms with E-state index in [1.807, 2.05) is 11.9 Å². The number of fused-ring (bicyclic) bond motifs is 1. The molecule has 0 aliphatic carbocycles. The number of halogens is 1. The smallest absolute Gasteiger partial charge is 0.224 e. The lowest BCUT2D eigenvalue weighted by atomic mass is 10.3. The highest BCUT2D eigenvalue weighted by atomic mass is 35.5. The maximum Gasteiger partial charge on any atom is 0.224 e. The van der Waals surface area contributed by atoms with Gasteiger partial charge in [0.25, 0.3) is 0 Å². The Hall–Kier alpha value is -1.03. The zero-order chi connectivity index (χ0) is 9.42. The fourth-order valence-electron chi connectivity index (χ4n) is 1.23. The molecule has 0 N–H and O–H groups in total. The van der Waals surface area contributed by atoms with Crippen molar-refractivity contribution in [2.45, 2.75) is 13.0 Å². The number of hydrogen-bond donors (Lipinski definition) is 0. The van der Waals surface area contributed by atoms with Gasteiger partial charge in [-0.05, 0) is 18.5 Å². The molecule has 4 nitrogen and oxygen atoms in total. The van der Waals surface area contributed by atoms with Crippen molar-refractivity contribution in [3.8, 4) is 5.75 Å². The molecule has 1 aromatic rings. The van der Waals surface area contributed by atoms with E-state index < -0.39 is 0 Å². The van der Waals surface area contributed by atoms with Crippen molar-refractivity contribution in [2.75, 3.05) is 18.6 Å². The van der Waals surface area contributed by atoms with E-state index in [0.717, 1.165) is 5.82 Å². The predicted octanol–water partition coefficient (Wildman–Crippen LogP) is 1.35. The lowest BCUT2D eigenvalue weighted by Crippen LogP contribution is -2.38. The van der Waals surface area contributed by atoms with Crippen molar-refractivity contribution in [3.05, 3.63) is 11.5 Å². The van der Waals surface area contributed by atoms with Crippen LogP contribution >= 0.6 is 11.6 Å². The number of ether oxygens (including phenoxy) is 1. The Morgan fingerprint density at radius 3 is 3.23 bits per heavy atom. The van der Waals surface area contributed by atoms with Crippen LogP contribution < -0.4 is 9.64 Å². The first-order valence-corrected chi connectivity index (χ1v) is 4.44. The van der Waals surface area contributed by atoms with Crippen LogP contribution in [0.15, 0.2) is 6.20 Å². The highest BCUT2D eigenvalue weighted by Crippen LogP contribution is 2.30. The van der Waals surface area contributed by atoms with Crippen LogP contribution in [-0.2, 0) is 0 Å². The molecular weight excluding hydrogens is 190 g/mol. The molecule has 2 heterocycles. The van der Waals surface area contributed by atoms with E-state index >= 15 is 0 Å². The van der Waals surface area contributed by atoms with Gasteiger partial charge in [-0.3, -0.25) is 0 Å². The molecule has 13 heavy (non-hydrogen) atoms. The van der Waals surface area contributed by atoms with E-state index in [9.17, 15) is 0 Å². The summed E-state index contributed by atoms with van der Waals surface area (Å²) < 4.78 is 5.44. The van der Waals surface area contributed by atoms with Crippen LogP contribution in [0.25, 0.3) is 0 Å². The minimum atomic E-state index is 0.253. The Morgan fingerprint density at radius 1 is 1.69 bits per heavy atom. The summed E-state index contributed by atoms with van der Waals surface area (Å²) in [5.41, 5.74) is 0. The normalized spacial score (nSPS) is 20.8. The molecule has 0 saturated carbocycles. The van der Waals surface area contributed by atoms with E-state index in [2.05, 4.69) is 16.9 Å². The second-order valence-corrected chi connectivity index (χ2v) is 3.44. The molecule has 70 valence electrons. The van der Waals surface area contributed by atoms with E-state index in [0.29, 0.717) is 18.4 Å². The van der Waals surface area contributed by atoms with Crippen LogP contribution in [0.2, 0.25) is 5.28 Å². The Bertz CT molecular complexity index is 331. The molecule has 2 rings (SSSR count). The largest absolute Gasteiger partial charge is 0.486 e. The zero-order valence-electron chi connectivity index (χ0n) is 7.49. The molecule has 0 fully saturated rings. The van der Waals surface area contributed by atoms with Gasteiger partial charge in [0.05, 0.1) is 12.2 Å². The number of nitrogens with zero attached hydrogens (tertiary/aromatic N) is 3. The van der Waals surface area contributed by atoms with Gasteiger partial charge in [-0.1, -0.05) is 0 Å². The maximum atomic E-state index is 5.69. The summed E-state index contributed by atoms with van der Waals surface area (Å²) >= 11 is 5.69. The quantitative estimate of drug-likeness (QED) is 0.592. The minimum Gasteiger partial charge on any atom is -0.486 e. The zero-order valence-corrected chi connectivity index (χ0v) is 8.25. The highest BCUT2D eigenvalue weighted by Gasteiger charge is 2.22. The summed E-state index contributed by atoms with van der Waals surface area (Å²) in [4.78, 5) is 9.99. The van der Waals surface area contributed by atoms with Gasteiger partial charge in [-0.2, -0.15) is 4.98 Å². The molecule has 0 unspecified atom stereocenters. The summed E-state index contributed by atoms with van der Waals surface area (Å²) in [5.74, 6) is 1.46. The van der Waals surface area contributed by atoms with Gasteiger partial charge in [0.15, 0.2) is 11.6 Å². The molecular formula is C8H10ClN3O. The van der Waals surface area contributed by atoms with Crippen molar-refractivity contribution < 1.29 is 4.74 Å². The van der Waals surface area contributed by atoms with Crippen molar-refractivity contribution in [1.29, 1.82) is 0 Å². The number of anilines is 1. The van der Waals surface area contributed by atoms with E-state index in [1.54, 1.807) is 6.20 Å². The average molecular weight is 200 g/mol. The lowest BCUT2D eigenvalue weighted by molar-refractivity contribution is 0.271. The maximum absolute atomic E-state index is 5.69. The van der Waals surface area contributed by atoms with Gasteiger partial charge >= 0.3 is 0 Å². The Labute approximate surface area is 81.5 Å². The molecule has 1 aliphatic rings. The first kappa shape index (κ1) is 8.56. The number of rotatable bonds is 0. The molecule has 0 saturated heterocycles. The average Bonchev–Trinajstić information content (AvgIpc) is 2.12. The molecule has 0 aromatic carbocycles. The van der Waals surface area contributed by atoms with Crippen LogP contribution in [0, 0.1) is 0 Å². The van der Waals surface area contributed by atoms with Crippen LogP contribution in [-0.4, -0.2) is 29.7 Å². The third-order valence-corrected chi connectivity index (χ3v) is 2.36. The van der Waals surface area contributed by atoms with Gasteiger partial charge in [0.1, 0.15) is 6.61 Å². The number of aromatic nitrogens is 2. The molecule has 0 spiro atoms. The summed E-state index contributed by atoms with van der Waals surface area (Å²) in [6.07, 6.45) is 1.60. The van der Waals surface area contributed by atoms with Gasteiger partial charge in [-0.15, -0.1) is 0 Å². The molecule has 0 amide bonds. The lowest BCUT2D eigenvalue weighted by Gasteiger charge is -2.31. The monoisotopic (exact) mass is 199 g/mol. The van der Waals surface area contributed by atoms with E-state index in [1.165, 1.54) is 0 Å². The van der Waals surface area contributed by atoms with Crippen molar-refractivity contribution in [1.82, 2.24) is 9.97 Å². The second kappa shape index (κ2) is 3.03. The van der Waals surface area contributed by atoms with Crippen molar-refractivity contribution in [2.24, 2.45) is 0 Å². The number of likely N-dealkylation sites (N-methyl/N-ethyl adjacent to an activating group) is 1. The fraction of sp³-hybridized carbons (Fsp3) is 0.500. The Morgan fingerprint density at radius 2 is 2.46 bits per heavy atom. The van der Waals surface area contributed by atoms with Crippen molar-refractivity contribution >= 4 is 17.4 Å². The Kier molecular flexibility index (Phi) is 2.00. The first-order valence-electron chi connectivity index (χ1n) is 4.06. The molecule has 1 atom stereocenters. The van der Waals surface area contributed by atoms with Gasteiger partial charge in [0, 0.05) is 7.05 Å². The van der Waals surface area contributed by atoms with Gasteiger partial charge in [0.2, 0.25) is 5.28 Å². The summed E-state index contributed by atoms with van der Waals surface area (Å²) in [5, 5.41) is 0.253. The van der Waals surface area contributed by atoms with E-state index in [-0.39, 0.29) is 5.28 Å². The molecule has 5 heteroatoms. The summed E-state index contributed by atoms with van der Waals surface area (Å²) in [6.45, 7) is 2.73. The third kappa shape index (κ3) is 1.42. The minimum absolute atomic E-state index is 0.253. The SMILES string of the molecule is C[C@H]1COc2cnc(Cl)nc2N1C. The highest BCUT2D eigenvalue weighted by molar-refractivity contribution is 6.28. The Balaban J connectivity index is 2.45. The number of hydrogen-bond acceptors (Lipinski definition) is 4. The fourth-order valence-corrected chi connectivity index (χ4v) is 1.36. The molecule has 1 aliphatic heterocycles. The summed E-state index contributed by atoms with van der Waals surface area (Å²) in [6, 6.07) is 0.318. The van der Waals surface area contributed by atoms with Crippen LogP contribution in [0.3, 0.4) is 0 Å². The van der Waals surface area contributed by atoms with Gasteiger partial charge in [-0.25, -0.2) is 4.98 Å². The first-order chi connectivity index (χ1) is 6.18. The van der Waals surface area contributed by atoms with Crippen LogP contribution in [0.5, 0.6) is 5.75 Å². The molecule has 0 bridgehead atoms. The van der Waals surface area contributed by atoms with Crippen LogP contribution in [0.1, 0.15) is 6.92 Å². The summed E-state index contributed by atoms with van der Waals surface area (Å²) in [7, 11) is 1.97. The standard InChI is InChI=1S/C8H10ClN3O/c1-5-4-13-6-3-10-8(9)11-7(6)12(5)2/h3,5H,4H2,1-2H3/t5-/m0/s1. The third-order valence-electron chi connectivity index (χ3n) is 2.18. The van der Waals surface area contributed by atoms with Gasteiger partial charge < -0.3 is 9.64 Å². The van der Waals surface area contributed by atoms with Crippen LogP contribution in [0.4, 0.5) is 5.82 Å². The predicted molar refractivity (Wildman–Crippen MR) is 50.4 cm³/mol. The van der Waals surface area contributed by atoms with Crippen molar-refractivity contribution in [3.63, 3.8) is 0 Å². The van der Waals surface area contributed by atoms with E-state index in [4.69, 9.17) is 16.3 Å². The second-order valence-electron chi connectivity index (χ2n) is 3.10.